The fourth-order valence-corrected chi connectivity index (χ4v) is 2.67. The van der Waals surface area contributed by atoms with Crippen molar-refractivity contribution >= 4 is 17.0 Å². The molecule has 1 N–H and O–H groups in total. The molecular weight excluding hydrogens is 270 g/mol. The maximum Gasteiger partial charge on any atom is 0.163 e. The molecule has 1 atom stereocenters. The van der Waals surface area contributed by atoms with Crippen molar-refractivity contribution in [3.63, 3.8) is 0 Å². The van der Waals surface area contributed by atoms with Crippen LogP contribution in [0.4, 0.5) is 5.69 Å². The van der Waals surface area contributed by atoms with Crippen molar-refractivity contribution in [1.29, 1.82) is 0 Å². The zero-order valence-corrected chi connectivity index (χ0v) is 12.1. The van der Waals surface area contributed by atoms with Crippen molar-refractivity contribution in [3.05, 3.63) is 47.2 Å². The number of hydrogen-bond donors (Lipinski definition) is 1. The van der Waals surface area contributed by atoms with Crippen molar-refractivity contribution in [1.82, 2.24) is 19.7 Å². The largest absolute Gasteiger partial charge is 0.376 e. The van der Waals surface area contributed by atoms with Gasteiger partial charge >= 0.3 is 0 Å². The monoisotopic (exact) mass is 285 g/mol. The van der Waals surface area contributed by atoms with Gasteiger partial charge in [0.25, 0.3) is 0 Å². The Bertz CT molecular complexity index is 672. The summed E-state index contributed by atoms with van der Waals surface area (Å²) < 4.78 is 1.90. The average molecular weight is 285 g/mol. The Kier molecular flexibility index (Phi) is 3.47. The Morgan fingerprint density at radius 2 is 2.05 bits per heavy atom. The molecule has 0 aliphatic rings. The number of hydrogen-bond acceptors (Lipinski definition) is 5. The van der Waals surface area contributed by atoms with Crippen LogP contribution in [0.25, 0.3) is 11.4 Å². The Morgan fingerprint density at radius 1 is 1.25 bits per heavy atom. The van der Waals surface area contributed by atoms with Gasteiger partial charge in [0.05, 0.1) is 6.04 Å². The predicted octanol–water partition coefficient (Wildman–Crippen LogP) is 3.11. The molecule has 2 aromatic heterocycles. The van der Waals surface area contributed by atoms with Gasteiger partial charge < -0.3 is 9.88 Å². The van der Waals surface area contributed by atoms with Gasteiger partial charge in [0.1, 0.15) is 11.3 Å². The van der Waals surface area contributed by atoms with E-state index >= 15 is 0 Å². The lowest BCUT2D eigenvalue weighted by Gasteiger charge is -2.13. The van der Waals surface area contributed by atoms with Crippen LogP contribution in [0.3, 0.4) is 0 Å². The first-order valence-corrected chi connectivity index (χ1v) is 7.22. The molecule has 0 bridgehead atoms. The minimum absolute atomic E-state index is 0.204. The van der Waals surface area contributed by atoms with E-state index < -0.39 is 0 Å². The van der Waals surface area contributed by atoms with Gasteiger partial charge in [-0.1, -0.05) is 0 Å². The maximum atomic E-state index is 4.32. The van der Waals surface area contributed by atoms with E-state index in [2.05, 4.69) is 27.4 Å². The van der Waals surface area contributed by atoms with Crippen LogP contribution < -0.4 is 5.32 Å². The minimum atomic E-state index is 0.204. The first kappa shape index (κ1) is 12.8. The van der Waals surface area contributed by atoms with Crippen molar-refractivity contribution < 1.29 is 0 Å². The molecular formula is C14H15N5S. The number of nitrogens with one attached hydrogen (secondary N) is 1. The molecule has 20 heavy (non-hydrogen) atoms. The fraction of sp³-hybridized carbons (Fsp3) is 0.214. The molecule has 102 valence electrons. The lowest BCUT2D eigenvalue weighted by atomic mass is 10.2. The highest BCUT2D eigenvalue weighted by Crippen LogP contribution is 2.23. The Hall–Kier alpha value is -2.21. The normalized spacial score (nSPS) is 12.3. The quantitative estimate of drug-likeness (QED) is 0.800. The summed E-state index contributed by atoms with van der Waals surface area (Å²) >= 11 is 1.66. The minimum Gasteiger partial charge on any atom is -0.376 e. The Labute approximate surface area is 121 Å². The van der Waals surface area contributed by atoms with Crippen LogP contribution in [0.1, 0.15) is 18.0 Å². The number of benzene rings is 1. The van der Waals surface area contributed by atoms with E-state index in [1.807, 2.05) is 47.5 Å². The van der Waals surface area contributed by atoms with Gasteiger partial charge in [0.15, 0.2) is 5.82 Å². The van der Waals surface area contributed by atoms with E-state index in [4.69, 9.17) is 0 Å². The SMILES string of the molecule is CC(Nc1ccc(-c2nncn2C)cc1)c1nccs1. The molecule has 0 saturated carbocycles. The average Bonchev–Trinajstić information content (AvgIpc) is 3.11. The zero-order chi connectivity index (χ0) is 13.9. The highest BCUT2D eigenvalue weighted by molar-refractivity contribution is 7.09. The van der Waals surface area contributed by atoms with Crippen molar-refractivity contribution in [2.75, 3.05) is 5.32 Å². The third-order valence-electron chi connectivity index (χ3n) is 3.06. The van der Waals surface area contributed by atoms with Crippen LogP contribution in [0.15, 0.2) is 42.2 Å². The van der Waals surface area contributed by atoms with E-state index in [9.17, 15) is 0 Å². The molecule has 0 aliphatic heterocycles. The summed E-state index contributed by atoms with van der Waals surface area (Å²) in [4.78, 5) is 4.32. The van der Waals surface area contributed by atoms with E-state index in [0.29, 0.717) is 0 Å². The van der Waals surface area contributed by atoms with Crippen LogP contribution in [0, 0.1) is 0 Å². The second kappa shape index (κ2) is 5.42. The number of thiazole rings is 1. The second-order valence-corrected chi connectivity index (χ2v) is 5.51. The number of anilines is 1. The number of nitrogens with zero attached hydrogens (tertiary/aromatic N) is 4. The van der Waals surface area contributed by atoms with Gasteiger partial charge in [0, 0.05) is 29.9 Å². The van der Waals surface area contributed by atoms with Gasteiger partial charge in [-0.25, -0.2) is 4.98 Å². The first-order chi connectivity index (χ1) is 9.74. The van der Waals surface area contributed by atoms with Crippen molar-refractivity contribution in [2.24, 2.45) is 7.05 Å². The van der Waals surface area contributed by atoms with Gasteiger partial charge in [-0.2, -0.15) is 0 Å². The molecule has 3 aromatic rings. The van der Waals surface area contributed by atoms with Gasteiger partial charge in [-0.3, -0.25) is 0 Å². The topological polar surface area (TPSA) is 55.6 Å². The van der Waals surface area contributed by atoms with Gasteiger partial charge in [-0.15, -0.1) is 21.5 Å². The maximum absolute atomic E-state index is 4.32. The first-order valence-electron chi connectivity index (χ1n) is 6.34. The molecule has 0 aliphatic carbocycles. The summed E-state index contributed by atoms with van der Waals surface area (Å²) in [5.41, 5.74) is 2.12. The predicted molar refractivity (Wildman–Crippen MR) is 80.6 cm³/mol. The van der Waals surface area contributed by atoms with Crippen LogP contribution in [-0.2, 0) is 7.05 Å². The second-order valence-electron chi connectivity index (χ2n) is 4.58. The van der Waals surface area contributed by atoms with Crippen LogP contribution in [-0.4, -0.2) is 19.7 Å². The van der Waals surface area contributed by atoms with E-state index in [-0.39, 0.29) is 6.04 Å². The van der Waals surface area contributed by atoms with Gasteiger partial charge in [-0.05, 0) is 31.2 Å². The summed E-state index contributed by atoms with van der Waals surface area (Å²) in [6.45, 7) is 2.11. The summed E-state index contributed by atoms with van der Waals surface area (Å²) in [5, 5.41) is 14.5. The Morgan fingerprint density at radius 3 is 2.65 bits per heavy atom. The van der Waals surface area contributed by atoms with Crippen LogP contribution in [0.2, 0.25) is 0 Å². The number of aryl methyl sites for hydroxylation is 1. The number of aromatic nitrogens is 4. The van der Waals surface area contributed by atoms with Crippen LogP contribution in [0.5, 0.6) is 0 Å². The standard InChI is InChI=1S/C14H15N5S/c1-10(14-15-7-8-20-14)17-12-5-3-11(4-6-12)13-18-16-9-19(13)2/h3-10,17H,1-2H3. The fourth-order valence-electron chi connectivity index (χ4n) is 2.02. The highest BCUT2D eigenvalue weighted by atomic mass is 32.1. The van der Waals surface area contributed by atoms with Crippen molar-refractivity contribution in [2.45, 2.75) is 13.0 Å². The van der Waals surface area contributed by atoms with Crippen molar-refractivity contribution in [3.8, 4) is 11.4 Å². The molecule has 0 radical (unpaired) electrons. The molecule has 3 rings (SSSR count). The lowest BCUT2D eigenvalue weighted by molar-refractivity contribution is 0.870. The van der Waals surface area contributed by atoms with E-state index in [1.54, 1.807) is 17.7 Å². The van der Waals surface area contributed by atoms with E-state index in [1.165, 1.54) is 0 Å². The molecule has 5 nitrogen and oxygen atoms in total. The smallest absolute Gasteiger partial charge is 0.163 e. The number of rotatable bonds is 4. The molecule has 6 heteroatoms. The third kappa shape index (κ3) is 2.55. The molecule has 2 heterocycles. The summed E-state index contributed by atoms with van der Waals surface area (Å²) in [6, 6.07) is 8.39. The third-order valence-corrected chi connectivity index (χ3v) is 4.02. The summed E-state index contributed by atoms with van der Waals surface area (Å²) in [5.74, 6) is 0.865. The molecule has 1 aromatic carbocycles. The zero-order valence-electron chi connectivity index (χ0n) is 11.3. The van der Waals surface area contributed by atoms with E-state index in [0.717, 1.165) is 22.1 Å². The molecule has 0 amide bonds. The summed E-state index contributed by atoms with van der Waals surface area (Å²) in [7, 11) is 1.94. The Balaban J connectivity index is 1.75. The van der Waals surface area contributed by atoms with Crippen LogP contribution >= 0.6 is 11.3 Å². The summed E-state index contributed by atoms with van der Waals surface area (Å²) in [6.07, 6.45) is 3.53. The molecule has 0 fully saturated rings. The molecule has 0 saturated heterocycles. The van der Waals surface area contributed by atoms with Gasteiger partial charge in [0.2, 0.25) is 0 Å². The highest BCUT2D eigenvalue weighted by Gasteiger charge is 2.08. The lowest BCUT2D eigenvalue weighted by Crippen LogP contribution is -2.05. The molecule has 0 spiro atoms. The molecule has 1 unspecified atom stereocenters.